The minimum Gasteiger partial charge on any atom is -0.298 e. The molecule has 29 heavy (non-hydrogen) atoms. The first-order valence-electron chi connectivity index (χ1n) is 11.6. The van der Waals surface area contributed by atoms with Crippen LogP contribution in [0.3, 0.4) is 0 Å². The molecule has 1 aliphatic heterocycles. The van der Waals surface area contributed by atoms with Gasteiger partial charge in [0.15, 0.2) is 5.82 Å². The first kappa shape index (κ1) is 20.5. The standard InChI is InChI=1S/C23H36N6/c1-2-9-22(28-18-16-27(17-19-28)21-12-7-4-8-13-21)23-24-25-26-29(23)15-14-20-10-5-3-6-11-20/h3,5-6,10-11,21-22H,2,4,7-9,12-19H2,1H3. The Morgan fingerprint density at radius 3 is 2.48 bits per heavy atom. The number of benzene rings is 1. The molecule has 6 heteroatoms. The third kappa shape index (κ3) is 5.23. The molecule has 2 aromatic rings. The number of hydrogen-bond acceptors (Lipinski definition) is 5. The average molecular weight is 397 g/mol. The highest BCUT2D eigenvalue weighted by Gasteiger charge is 2.31. The summed E-state index contributed by atoms with van der Waals surface area (Å²) in [5.41, 5.74) is 1.34. The van der Waals surface area contributed by atoms with E-state index in [1.165, 1.54) is 50.8 Å². The maximum absolute atomic E-state index is 4.48. The van der Waals surface area contributed by atoms with Gasteiger partial charge in [0, 0.05) is 38.8 Å². The summed E-state index contributed by atoms with van der Waals surface area (Å²) in [5.74, 6) is 1.05. The average Bonchev–Trinajstić information content (AvgIpc) is 3.26. The summed E-state index contributed by atoms with van der Waals surface area (Å²) < 4.78 is 2.04. The van der Waals surface area contributed by atoms with Crippen LogP contribution in [0.15, 0.2) is 30.3 Å². The number of tetrazole rings is 1. The third-order valence-electron chi connectivity index (χ3n) is 6.76. The van der Waals surface area contributed by atoms with Gasteiger partial charge < -0.3 is 0 Å². The van der Waals surface area contributed by atoms with Crippen molar-refractivity contribution in [3.63, 3.8) is 0 Å². The van der Waals surface area contributed by atoms with Gasteiger partial charge in [-0.25, -0.2) is 4.68 Å². The Kier molecular flexibility index (Phi) is 7.28. The Morgan fingerprint density at radius 2 is 1.76 bits per heavy atom. The fourth-order valence-corrected chi connectivity index (χ4v) is 5.10. The molecule has 1 aliphatic carbocycles. The summed E-state index contributed by atoms with van der Waals surface area (Å²) in [5, 5.41) is 12.9. The highest BCUT2D eigenvalue weighted by Crippen LogP contribution is 2.28. The van der Waals surface area contributed by atoms with Gasteiger partial charge >= 0.3 is 0 Å². The molecule has 2 aliphatic rings. The van der Waals surface area contributed by atoms with Gasteiger partial charge in [0.05, 0.1) is 6.04 Å². The van der Waals surface area contributed by atoms with Crippen LogP contribution in [0.4, 0.5) is 0 Å². The third-order valence-corrected chi connectivity index (χ3v) is 6.76. The van der Waals surface area contributed by atoms with E-state index in [-0.39, 0.29) is 0 Å². The summed E-state index contributed by atoms with van der Waals surface area (Å²) in [6.45, 7) is 7.75. The van der Waals surface area contributed by atoms with E-state index in [4.69, 9.17) is 0 Å². The second kappa shape index (κ2) is 10.3. The zero-order valence-corrected chi connectivity index (χ0v) is 17.9. The largest absolute Gasteiger partial charge is 0.298 e. The van der Waals surface area contributed by atoms with E-state index in [0.29, 0.717) is 6.04 Å². The summed E-state index contributed by atoms with van der Waals surface area (Å²) in [4.78, 5) is 5.38. The van der Waals surface area contributed by atoms with Crippen molar-refractivity contribution < 1.29 is 0 Å². The first-order valence-corrected chi connectivity index (χ1v) is 11.6. The predicted octanol–water partition coefficient (Wildman–Crippen LogP) is 3.71. The lowest BCUT2D eigenvalue weighted by Gasteiger charge is -2.43. The second-order valence-corrected chi connectivity index (χ2v) is 8.66. The smallest absolute Gasteiger partial charge is 0.168 e. The molecule has 2 heterocycles. The number of aromatic nitrogens is 4. The molecule has 4 rings (SSSR count). The van der Waals surface area contributed by atoms with Crippen LogP contribution in [0.2, 0.25) is 0 Å². The molecule has 0 N–H and O–H groups in total. The van der Waals surface area contributed by atoms with E-state index >= 15 is 0 Å². The topological polar surface area (TPSA) is 50.1 Å². The van der Waals surface area contributed by atoms with Crippen molar-refractivity contribution in [2.75, 3.05) is 26.2 Å². The highest BCUT2D eigenvalue weighted by molar-refractivity contribution is 5.14. The minimum atomic E-state index is 0.333. The molecule has 158 valence electrons. The van der Waals surface area contributed by atoms with Crippen LogP contribution in [0.1, 0.15) is 69.3 Å². The quantitative estimate of drug-likeness (QED) is 0.681. The molecule has 0 amide bonds. The van der Waals surface area contributed by atoms with Crippen LogP contribution in [-0.2, 0) is 13.0 Å². The molecule has 0 radical (unpaired) electrons. The Balaban J connectivity index is 1.38. The number of piperazine rings is 1. The molecule has 0 spiro atoms. The number of hydrogen-bond donors (Lipinski definition) is 0. The molecule has 0 bridgehead atoms. The Bertz CT molecular complexity index is 716. The van der Waals surface area contributed by atoms with Crippen molar-refractivity contribution in [2.45, 2.75) is 76.9 Å². The van der Waals surface area contributed by atoms with Gasteiger partial charge in [0.2, 0.25) is 0 Å². The van der Waals surface area contributed by atoms with Crippen molar-refractivity contribution in [3.05, 3.63) is 41.7 Å². The van der Waals surface area contributed by atoms with Crippen molar-refractivity contribution in [2.24, 2.45) is 0 Å². The second-order valence-electron chi connectivity index (χ2n) is 8.66. The molecule has 2 fully saturated rings. The van der Waals surface area contributed by atoms with Gasteiger partial charge in [-0.1, -0.05) is 62.9 Å². The highest BCUT2D eigenvalue weighted by atomic mass is 15.6. The van der Waals surface area contributed by atoms with Gasteiger partial charge in [-0.3, -0.25) is 9.80 Å². The SMILES string of the molecule is CCCC(c1nnnn1CCc1ccccc1)N1CCN(C2CCCCC2)CC1. The van der Waals surface area contributed by atoms with Crippen molar-refractivity contribution >= 4 is 0 Å². The fraction of sp³-hybridized carbons (Fsp3) is 0.696. The van der Waals surface area contributed by atoms with E-state index in [2.05, 4.69) is 62.6 Å². The zero-order valence-electron chi connectivity index (χ0n) is 17.9. The normalized spacial score (nSPS) is 20.7. The van der Waals surface area contributed by atoms with E-state index in [9.17, 15) is 0 Å². The number of rotatable bonds is 8. The lowest BCUT2D eigenvalue weighted by atomic mass is 9.93. The van der Waals surface area contributed by atoms with Gasteiger partial charge in [-0.05, 0) is 41.7 Å². The Labute approximate surface area is 175 Å². The first-order chi connectivity index (χ1) is 14.3. The van der Waals surface area contributed by atoms with E-state index in [1.807, 2.05) is 4.68 Å². The summed E-state index contributed by atoms with van der Waals surface area (Å²) >= 11 is 0. The van der Waals surface area contributed by atoms with E-state index in [1.54, 1.807) is 0 Å². The predicted molar refractivity (Wildman–Crippen MR) is 116 cm³/mol. The fourth-order valence-electron chi connectivity index (χ4n) is 5.10. The molecule has 1 aromatic heterocycles. The van der Waals surface area contributed by atoms with E-state index in [0.717, 1.165) is 50.8 Å². The van der Waals surface area contributed by atoms with Crippen LogP contribution in [0.25, 0.3) is 0 Å². The molecule has 1 saturated carbocycles. The van der Waals surface area contributed by atoms with Crippen LogP contribution in [-0.4, -0.2) is 62.2 Å². The van der Waals surface area contributed by atoms with Gasteiger partial charge in [-0.2, -0.15) is 0 Å². The van der Waals surface area contributed by atoms with E-state index < -0.39 is 0 Å². The van der Waals surface area contributed by atoms with Crippen LogP contribution >= 0.6 is 0 Å². The molecule has 1 unspecified atom stereocenters. The summed E-state index contributed by atoms with van der Waals surface area (Å²) in [7, 11) is 0. The Hall–Kier alpha value is -1.79. The van der Waals surface area contributed by atoms with Crippen LogP contribution in [0.5, 0.6) is 0 Å². The minimum absolute atomic E-state index is 0.333. The van der Waals surface area contributed by atoms with Gasteiger partial charge in [0.1, 0.15) is 0 Å². The lowest BCUT2D eigenvalue weighted by Crippen LogP contribution is -2.51. The van der Waals surface area contributed by atoms with Crippen molar-refractivity contribution in [1.29, 1.82) is 0 Å². The van der Waals surface area contributed by atoms with Gasteiger partial charge in [-0.15, -0.1) is 5.10 Å². The summed E-state index contributed by atoms with van der Waals surface area (Å²) in [6.07, 6.45) is 10.3. The van der Waals surface area contributed by atoms with Gasteiger partial charge in [0.25, 0.3) is 0 Å². The lowest BCUT2D eigenvalue weighted by molar-refractivity contribution is 0.0500. The molecule has 6 nitrogen and oxygen atoms in total. The Morgan fingerprint density at radius 1 is 1.00 bits per heavy atom. The molecule has 1 aromatic carbocycles. The maximum Gasteiger partial charge on any atom is 0.168 e. The molecule has 1 saturated heterocycles. The maximum atomic E-state index is 4.48. The molecular weight excluding hydrogens is 360 g/mol. The van der Waals surface area contributed by atoms with Crippen molar-refractivity contribution in [3.8, 4) is 0 Å². The number of aryl methyl sites for hydroxylation is 2. The summed E-state index contributed by atoms with van der Waals surface area (Å²) in [6, 6.07) is 11.8. The molecule has 1 atom stereocenters. The van der Waals surface area contributed by atoms with Crippen LogP contribution < -0.4 is 0 Å². The van der Waals surface area contributed by atoms with Crippen LogP contribution in [0, 0.1) is 0 Å². The van der Waals surface area contributed by atoms with Crippen molar-refractivity contribution in [1.82, 2.24) is 30.0 Å². The zero-order chi connectivity index (χ0) is 19.9. The number of nitrogens with zero attached hydrogens (tertiary/aromatic N) is 6. The monoisotopic (exact) mass is 396 g/mol. The molecular formula is C23H36N6.